The van der Waals surface area contributed by atoms with Crippen LogP contribution in [0.3, 0.4) is 0 Å². The van der Waals surface area contributed by atoms with E-state index in [2.05, 4.69) is 36.3 Å². The molecule has 1 heterocycles. The Balaban J connectivity index is 1.77. The van der Waals surface area contributed by atoms with Crippen LogP contribution in [0.4, 0.5) is 0 Å². The van der Waals surface area contributed by atoms with Gasteiger partial charge in [0.1, 0.15) is 0 Å². The summed E-state index contributed by atoms with van der Waals surface area (Å²) in [5.74, 6) is 0.790. The second kappa shape index (κ2) is 5.15. The third-order valence-corrected chi connectivity index (χ3v) is 3.73. The minimum atomic E-state index is 0.162. The molecule has 1 aliphatic rings. The lowest BCUT2D eigenvalue weighted by Gasteiger charge is -2.34. The van der Waals surface area contributed by atoms with Crippen LogP contribution in [0.5, 0.6) is 0 Å². The number of pyridine rings is 1. The van der Waals surface area contributed by atoms with Gasteiger partial charge in [0, 0.05) is 30.4 Å². The first-order chi connectivity index (χ1) is 8.08. The number of rotatable bonds is 5. The smallest absolute Gasteiger partial charge is 0.0270 e. The predicted octanol–water partition coefficient (Wildman–Crippen LogP) is 1.69. The molecule has 1 saturated carbocycles. The fourth-order valence-corrected chi connectivity index (χ4v) is 2.45. The van der Waals surface area contributed by atoms with Crippen LogP contribution in [0.15, 0.2) is 24.5 Å². The zero-order valence-electron chi connectivity index (χ0n) is 10.8. The second-order valence-electron chi connectivity index (χ2n) is 5.85. The Morgan fingerprint density at radius 3 is 2.59 bits per heavy atom. The fraction of sp³-hybridized carbons (Fsp3) is 0.643. The first-order valence-electron chi connectivity index (χ1n) is 6.45. The van der Waals surface area contributed by atoms with Gasteiger partial charge in [-0.05, 0) is 43.0 Å². The summed E-state index contributed by atoms with van der Waals surface area (Å²) < 4.78 is 0. The van der Waals surface area contributed by atoms with Crippen molar-refractivity contribution in [2.75, 3.05) is 13.1 Å². The van der Waals surface area contributed by atoms with E-state index in [1.54, 1.807) is 0 Å². The first kappa shape index (κ1) is 12.5. The highest BCUT2D eigenvalue weighted by atomic mass is 14.9. The first-order valence-corrected chi connectivity index (χ1v) is 6.45. The van der Waals surface area contributed by atoms with Gasteiger partial charge in [0.15, 0.2) is 0 Å². The summed E-state index contributed by atoms with van der Waals surface area (Å²) in [6, 6.07) is 4.65. The van der Waals surface area contributed by atoms with E-state index in [0.29, 0.717) is 6.04 Å². The maximum absolute atomic E-state index is 5.78. The third-order valence-electron chi connectivity index (χ3n) is 3.73. The zero-order chi connectivity index (χ0) is 12.3. The largest absolute Gasteiger partial charge is 0.328 e. The molecule has 0 aliphatic heterocycles. The molecule has 1 fully saturated rings. The van der Waals surface area contributed by atoms with Crippen molar-refractivity contribution in [3.8, 4) is 0 Å². The molecule has 94 valence electrons. The van der Waals surface area contributed by atoms with Crippen molar-refractivity contribution in [1.29, 1.82) is 0 Å². The molecule has 3 nitrogen and oxygen atoms in total. The molecule has 0 atom stereocenters. The van der Waals surface area contributed by atoms with E-state index in [1.165, 1.54) is 18.4 Å². The number of hydrogen-bond donors (Lipinski definition) is 2. The van der Waals surface area contributed by atoms with Crippen LogP contribution in [0.25, 0.3) is 0 Å². The molecule has 0 unspecified atom stereocenters. The third kappa shape index (κ3) is 3.27. The second-order valence-corrected chi connectivity index (χ2v) is 5.85. The molecule has 0 radical (unpaired) electrons. The van der Waals surface area contributed by atoms with Crippen LogP contribution < -0.4 is 11.1 Å². The zero-order valence-corrected chi connectivity index (χ0v) is 10.8. The standard InChI is InChI=1S/C14H23N3/c1-14(2,12-3-5-16-6-4-12)10-17-9-11-7-13(15)8-11/h3-6,11,13,17H,7-10,15H2,1-2H3. The van der Waals surface area contributed by atoms with Crippen molar-refractivity contribution in [2.24, 2.45) is 11.7 Å². The van der Waals surface area contributed by atoms with E-state index in [1.807, 2.05) is 12.4 Å². The van der Waals surface area contributed by atoms with Crippen molar-refractivity contribution in [3.05, 3.63) is 30.1 Å². The summed E-state index contributed by atoms with van der Waals surface area (Å²) >= 11 is 0. The number of nitrogens with two attached hydrogens (primary N) is 1. The Bertz CT molecular complexity index is 342. The minimum absolute atomic E-state index is 0.162. The number of nitrogens with one attached hydrogen (secondary N) is 1. The van der Waals surface area contributed by atoms with E-state index in [9.17, 15) is 0 Å². The van der Waals surface area contributed by atoms with Crippen molar-refractivity contribution in [2.45, 2.75) is 38.1 Å². The maximum Gasteiger partial charge on any atom is 0.0270 e. The van der Waals surface area contributed by atoms with Gasteiger partial charge in [-0.15, -0.1) is 0 Å². The molecule has 1 aromatic heterocycles. The highest BCUT2D eigenvalue weighted by Crippen LogP contribution is 2.25. The molecular formula is C14H23N3. The summed E-state index contributed by atoms with van der Waals surface area (Å²) in [6.45, 7) is 6.63. The minimum Gasteiger partial charge on any atom is -0.328 e. The Hall–Kier alpha value is -0.930. The summed E-state index contributed by atoms with van der Waals surface area (Å²) in [6.07, 6.45) is 6.09. The molecular weight excluding hydrogens is 210 g/mol. The van der Waals surface area contributed by atoms with E-state index in [-0.39, 0.29) is 5.41 Å². The van der Waals surface area contributed by atoms with Gasteiger partial charge in [0.05, 0.1) is 0 Å². The van der Waals surface area contributed by atoms with Crippen molar-refractivity contribution >= 4 is 0 Å². The highest BCUT2D eigenvalue weighted by molar-refractivity contribution is 5.20. The lowest BCUT2D eigenvalue weighted by Crippen LogP contribution is -2.43. The Morgan fingerprint density at radius 1 is 1.35 bits per heavy atom. The van der Waals surface area contributed by atoms with Crippen molar-refractivity contribution < 1.29 is 0 Å². The molecule has 17 heavy (non-hydrogen) atoms. The summed E-state index contributed by atoms with van der Waals surface area (Å²) in [4.78, 5) is 4.06. The summed E-state index contributed by atoms with van der Waals surface area (Å²) in [5, 5.41) is 3.57. The molecule has 0 aromatic carbocycles. The predicted molar refractivity (Wildman–Crippen MR) is 70.8 cm³/mol. The Morgan fingerprint density at radius 2 is 2.00 bits per heavy atom. The molecule has 1 aromatic rings. The van der Waals surface area contributed by atoms with Crippen molar-refractivity contribution in [3.63, 3.8) is 0 Å². The van der Waals surface area contributed by atoms with E-state index < -0.39 is 0 Å². The van der Waals surface area contributed by atoms with Crippen LogP contribution in [0.1, 0.15) is 32.3 Å². The molecule has 0 amide bonds. The quantitative estimate of drug-likeness (QED) is 0.813. The average molecular weight is 233 g/mol. The van der Waals surface area contributed by atoms with Gasteiger partial charge in [0.2, 0.25) is 0 Å². The van der Waals surface area contributed by atoms with Gasteiger partial charge in [-0.1, -0.05) is 13.8 Å². The molecule has 2 rings (SSSR count). The van der Waals surface area contributed by atoms with Crippen LogP contribution in [-0.4, -0.2) is 24.1 Å². The van der Waals surface area contributed by atoms with Gasteiger partial charge < -0.3 is 11.1 Å². The van der Waals surface area contributed by atoms with Gasteiger partial charge in [-0.3, -0.25) is 4.98 Å². The van der Waals surface area contributed by atoms with Crippen LogP contribution in [-0.2, 0) is 5.41 Å². The highest BCUT2D eigenvalue weighted by Gasteiger charge is 2.26. The fourth-order valence-electron chi connectivity index (χ4n) is 2.45. The Labute approximate surface area is 104 Å². The van der Waals surface area contributed by atoms with Gasteiger partial charge in [-0.2, -0.15) is 0 Å². The monoisotopic (exact) mass is 233 g/mol. The van der Waals surface area contributed by atoms with Gasteiger partial charge in [-0.25, -0.2) is 0 Å². The number of hydrogen-bond acceptors (Lipinski definition) is 3. The molecule has 3 N–H and O–H groups in total. The molecule has 1 aliphatic carbocycles. The molecule has 3 heteroatoms. The molecule has 0 saturated heterocycles. The Kier molecular flexibility index (Phi) is 3.79. The van der Waals surface area contributed by atoms with Gasteiger partial charge >= 0.3 is 0 Å². The van der Waals surface area contributed by atoms with Gasteiger partial charge in [0.25, 0.3) is 0 Å². The number of nitrogens with zero attached hydrogens (tertiary/aromatic N) is 1. The number of aromatic nitrogens is 1. The topological polar surface area (TPSA) is 50.9 Å². The maximum atomic E-state index is 5.78. The lowest BCUT2D eigenvalue weighted by molar-refractivity contribution is 0.251. The SMILES string of the molecule is CC(C)(CNCC1CC(N)C1)c1ccncc1. The normalized spacial score (nSPS) is 24.4. The van der Waals surface area contributed by atoms with Crippen molar-refractivity contribution in [1.82, 2.24) is 10.3 Å². The average Bonchev–Trinajstić information content (AvgIpc) is 2.28. The van der Waals surface area contributed by atoms with E-state index >= 15 is 0 Å². The van der Waals surface area contributed by atoms with E-state index in [0.717, 1.165) is 19.0 Å². The molecule has 0 spiro atoms. The van der Waals surface area contributed by atoms with Crippen LogP contribution in [0, 0.1) is 5.92 Å². The summed E-state index contributed by atoms with van der Waals surface area (Å²) in [5.41, 5.74) is 7.28. The van der Waals surface area contributed by atoms with Crippen LogP contribution in [0.2, 0.25) is 0 Å². The summed E-state index contributed by atoms with van der Waals surface area (Å²) in [7, 11) is 0. The molecule has 0 bridgehead atoms. The van der Waals surface area contributed by atoms with E-state index in [4.69, 9.17) is 5.73 Å². The lowest BCUT2D eigenvalue weighted by atomic mass is 9.80. The van der Waals surface area contributed by atoms with Crippen LogP contribution >= 0.6 is 0 Å².